The number of ketones is 1. The molecule has 7 nitrogen and oxygen atoms in total. The van der Waals surface area contributed by atoms with Gasteiger partial charge in [0.1, 0.15) is 24.2 Å². The van der Waals surface area contributed by atoms with E-state index in [-0.39, 0.29) is 11.7 Å². The molecule has 2 aliphatic heterocycles. The van der Waals surface area contributed by atoms with Crippen molar-refractivity contribution in [1.82, 2.24) is 4.90 Å². The van der Waals surface area contributed by atoms with Crippen molar-refractivity contribution in [2.24, 2.45) is 0 Å². The van der Waals surface area contributed by atoms with E-state index in [4.69, 9.17) is 9.47 Å². The zero-order valence-electron chi connectivity index (χ0n) is 21.9. The molecule has 37 heavy (non-hydrogen) atoms. The van der Waals surface area contributed by atoms with Crippen LogP contribution >= 0.6 is 0 Å². The Hall–Kier alpha value is -3.58. The van der Waals surface area contributed by atoms with Crippen molar-refractivity contribution in [3.05, 3.63) is 77.4 Å². The lowest BCUT2D eigenvalue weighted by Gasteiger charge is -2.28. The molecule has 0 aromatic heterocycles. The van der Waals surface area contributed by atoms with Crippen molar-refractivity contribution >= 4 is 17.4 Å². The Balaban J connectivity index is 1.71. The van der Waals surface area contributed by atoms with Gasteiger partial charge in [0.15, 0.2) is 0 Å². The molecule has 2 aromatic carbocycles. The molecule has 1 N–H and O–H groups in total. The molecule has 2 aliphatic rings. The zero-order chi connectivity index (χ0) is 26.5. The van der Waals surface area contributed by atoms with Crippen molar-refractivity contribution < 1.29 is 29.1 Å². The van der Waals surface area contributed by atoms with Gasteiger partial charge in [0, 0.05) is 25.0 Å². The molecule has 0 spiro atoms. The first-order chi connectivity index (χ1) is 17.9. The van der Waals surface area contributed by atoms with Crippen molar-refractivity contribution in [3.63, 3.8) is 0 Å². The van der Waals surface area contributed by atoms with Gasteiger partial charge in [0.05, 0.1) is 25.7 Å². The topological polar surface area (TPSA) is 83.3 Å². The van der Waals surface area contributed by atoms with Crippen LogP contribution in [0.25, 0.3) is 5.76 Å². The van der Waals surface area contributed by atoms with E-state index < -0.39 is 23.5 Å². The fraction of sp³-hybridized carbons (Fsp3) is 0.400. The Kier molecular flexibility index (Phi) is 8.34. The van der Waals surface area contributed by atoms with Crippen LogP contribution in [0.3, 0.4) is 0 Å². The number of nitrogens with zero attached hydrogens (tertiary/aromatic N) is 1. The van der Waals surface area contributed by atoms with E-state index in [1.165, 1.54) is 4.90 Å². The normalized spacial score (nSPS) is 20.3. The van der Waals surface area contributed by atoms with Gasteiger partial charge in [-0.1, -0.05) is 36.6 Å². The second-order valence-electron chi connectivity index (χ2n) is 9.66. The largest absolute Gasteiger partial charge is 0.872 e. The predicted molar refractivity (Wildman–Crippen MR) is 140 cm³/mol. The Morgan fingerprint density at radius 2 is 1.92 bits per heavy atom. The standard InChI is InChI=1S/C30H36N2O5/c1-5-17-36-24-12-9-21(10-13-24)27-26(28(33)22-11-14-25-23(19-22)18-20(4)37-25)29(34)30(35)32(27)16-8-15-31(6-2)7-3/h5,9-14,19-20,27,33H,1,6-8,15-18H2,2-4H3. The third-order valence-corrected chi connectivity index (χ3v) is 7.18. The molecule has 1 fully saturated rings. The molecule has 0 radical (unpaired) electrons. The number of carbonyl (C=O) groups is 2. The van der Waals surface area contributed by atoms with Crippen LogP contribution in [0.15, 0.2) is 60.7 Å². The van der Waals surface area contributed by atoms with Crippen LogP contribution in [0, 0.1) is 0 Å². The van der Waals surface area contributed by atoms with Crippen LogP contribution in [0.4, 0.5) is 0 Å². The van der Waals surface area contributed by atoms with Crippen LogP contribution in [0.2, 0.25) is 0 Å². The van der Waals surface area contributed by atoms with E-state index in [1.54, 1.807) is 41.3 Å². The molecular formula is C30H36N2O5. The third kappa shape index (κ3) is 5.57. The highest BCUT2D eigenvalue weighted by atomic mass is 16.5. The van der Waals surface area contributed by atoms with Crippen LogP contribution in [-0.2, 0) is 16.0 Å². The minimum absolute atomic E-state index is 0.00635. The lowest BCUT2D eigenvalue weighted by molar-refractivity contribution is -0.896. The molecule has 2 aromatic rings. The van der Waals surface area contributed by atoms with Gasteiger partial charge < -0.3 is 24.4 Å². The first kappa shape index (κ1) is 26.5. The number of hydrogen-bond acceptors (Lipinski definition) is 5. The van der Waals surface area contributed by atoms with Gasteiger partial charge in [0.2, 0.25) is 5.78 Å². The van der Waals surface area contributed by atoms with Gasteiger partial charge in [-0.15, -0.1) is 0 Å². The second kappa shape index (κ2) is 11.6. The molecule has 0 aliphatic carbocycles. The van der Waals surface area contributed by atoms with E-state index in [0.29, 0.717) is 36.4 Å². The van der Waals surface area contributed by atoms with Gasteiger partial charge in [-0.2, -0.15) is 0 Å². The molecule has 1 saturated heterocycles. The smallest absolute Gasteiger partial charge is 0.295 e. The van der Waals surface area contributed by atoms with Gasteiger partial charge in [0.25, 0.3) is 5.91 Å². The molecule has 1 amide bonds. The highest BCUT2D eigenvalue weighted by molar-refractivity contribution is 6.46. The number of rotatable bonds is 11. The number of amides is 1. The van der Waals surface area contributed by atoms with Crippen molar-refractivity contribution in [2.75, 3.05) is 32.8 Å². The number of benzene rings is 2. The minimum Gasteiger partial charge on any atom is -0.872 e. The Morgan fingerprint density at radius 1 is 1.19 bits per heavy atom. The van der Waals surface area contributed by atoms with Crippen LogP contribution in [0.5, 0.6) is 11.5 Å². The lowest BCUT2D eigenvalue weighted by atomic mass is 9.94. The van der Waals surface area contributed by atoms with E-state index in [0.717, 1.165) is 37.4 Å². The Bertz CT molecular complexity index is 1180. The van der Waals surface area contributed by atoms with E-state index in [9.17, 15) is 14.7 Å². The fourth-order valence-corrected chi connectivity index (χ4v) is 5.17. The van der Waals surface area contributed by atoms with Crippen molar-refractivity contribution in [1.29, 1.82) is 0 Å². The number of fused-ring (bicyclic) bond motifs is 1. The SMILES string of the molecule is C=CCOc1ccc(C2C(=C([O-])c3ccc4c(c3)CC(C)O4)C(=O)C(=O)N2CCC[NH+](CC)CC)cc1. The molecule has 0 bridgehead atoms. The Labute approximate surface area is 219 Å². The van der Waals surface area contributed by atoms with Crippen LogP contribution in [0.1, 0.15) is 49.9 Å². The Morgan fingerprint density at radius 3 is 2.59 bits per heavy atom. The number of quaternary nitrogens is 1. The average molecular weight is 505 g/mol. The highest BCUT2D eigenvalue weighted by Gasteiger charge is 2.44. The summed E-state index contributed by atoms with van der Waals surface area (Å²) in [4.78, 5) is 29.5. The van der Waals surface area contributed by atoms with E-state index in [1.807, 2.05) is 19.1 Å². The van der Waals surface area contributed by atoms with Crippen molar-refractivity contribution in [2.45, 2.75) is 45.8 Å². The maximum absolute atomic E-state index is 13.8. The zero-order valence-corrected chi connectivity index (χ0v) is 21.9. The molecule has 2 unspecified atom stereocenters. The molecular weight excluding hydrogens is 468 g/mol. The van der Waals surface area contributed by atoms with Gasteiger partial charge >= 0.3 is 0 Å². The van der Waals surface area contributed by atoms with Crippen LogP contribution < -0.4 is 19.5 Å². The molecule has 7 heteroatoms. The predicted octanol–water partition coefficient (Wildman–Crippen LogP) is 2.11. The summed E-state index contributed by atoms with van der Waals surface area (Å²) < 4.78 is 11.4. The molecule has 2 heterocycles. The minimum atomic E-state index is -0.740. The molecule has 4 rings (SSSR count). The summed E-state index contributed by atoms with van der Waals surface area (Å²) in [6.07, 6.45) is 3.14. The monoisotopic (exact) mass is 504 g/mol. The maximum Gasteiger partial charge on any atom is 0.295 e. The first-order valence-electron chi connectivity index (χ1n) is 13.1. The molecule has 0 saturated carbocycles. The lowest BCUT2D eigenvalue weighted by Crippen LogP contribution is -3.11. The summed E-state index contributed by atoms with van der Waals surface area (Å²) in [5, 5.41) is 13.8. The summed E-state index contributed by atoms with van der Waals surface area (Å²) in [6.45, 7) is 13.6. The number of hydrogen-bond donors (Lipinski definition) is 1. The highest BCUT2D eigenvalue weighted by Crippen LogP contribution is 2.40. The third-order valence-electron chi connectivity index (χ3n) is 7.18. The number of likely N-dealkylation sites (tertiary alicyclic amines) is 1. The number of ether oxygens (including phenoxy) is 2. The number of nitrogens with one attached hydrogen (secondary N) is 1. The van der Waals surface area contributed by atoms with Crippen LogP contribution in [-0.4, -0.2) is 55.5 Å². The number of carbonyl (C=O) groups excluding carboxylic acids is 2. The fourth-order valence-electron chi connectivity index (χ4n) is 5.17. The number of Topliss-reactive ketones (excluding diaryl/α,β-unsaturated/α-hetero) is 1. The maximum atomic E-state index is 13.8. The second-order valence-corrected chi connectivity index (χ2v) is 9.66. The summed E-state index contributed by atoms with van der Waals surface area (Å²) >= 11 is 0. The first-order valence-corrected chi connectivity index (χ1v) is 13.1. The van der Waals surface area contributed by atoms with Gasteiger partial charge in [-0.3, -0.25) is 9.59 Å². The summed E-state index contributed by atoms with van der Waals surface area (Å²) in [5.74, 6) is -0.337. The van der Waals surface area contributed by atoms with E-state index >= 15 is 0 Å². The van der Waals surface area contributed by atoms with E-state index in [2.05, 4.69) is 20.4 Å². The summed E-state index contributed by atoms with van der Waals surface area (Å²) in [5.41, 5.74) is 2.06. The summed E-state index contributed by atoms with van der Waals surface area (Å²) in [7, 11) is 0. The van der Waals surface area contributed by atoms with Gasteiger partial charge in [-0.05, 0) is 61.7 Å². The molecule has 196 valence electrons. The van der Waals surface area contributed by atoms with Crippen molar-refractivity contribution in [3.8, 4) is 11.5 Å². The molecule has 2 atom stereocenters. The summed E-state index contributed by atoms with van der Waals surface area (Å²) in [6, 6.07) is 11.7. The van der Waals surface area contributed by atoms with Gasteiger partial charge in [-0.25, -0.2) is 0 Å². The quantitative estimate of drug-likeness (QED) is 0.219. The average Bonchev–Trinajstić information content (AvgIpc) is 3.40.